The zero-order valence-electron chi connectivity index (χ0n) is 33.2. The van der Waals surface area contributed by atoms with Crippen molar-refractivity contribution in [1.82, 2.24) is 4.90 Å². The highest BCUT2D eigenvalue weighted by atomic mass is 16.7. The third-order valence-electron chi connectivity index (χ3n) is 11.0. The molecule has 9 unspecified atom stereocenters. The molecule has 5 rings (SSSR count). The van der Waals surface area contributed by atoms with Crippen molar-refractivity contribution in [1.29, 1.82) is 0 Å². The van der Waals surface area contributed by atoms with Gasteiger partial charge in [0.2, 0.25) is 0 Å². The summed E-state index contributed by atoms with van der Waals surface area (Å²) in [5.74, 6) is -7.25. The second kappa shape index (κ2) is 17.4. The smallest absolute Gasteiger partial charge is 0.312 e. The summed E-state index contributed by atoms with van der Waals surface area (Å²) in [4.78, 5) is 42.4. The second-order valence-electron chi connectivity index (χ2n) is 14.7. The Morgan fingerprint density at radius 1 is 0.927 bits per heavy atom. The molecule has 3 heterocycles. The third-order valence-corrected chi connectivity index (χ3v) is 11.0. The number of hydrogen-bond acceptors (Lipinski definition) is 12. The van der Waals surface area contributed by atoms with Crippen molar-refractivity contribution >= 4 is 34.1 Å². The van der Waals surface area contributed by atoms with Crippen LogP contribution < -0.4 is 14.8 Å². The molecule has 0 fully saturated rings. The van der Waals surface area contributed by atoms with Crippen LogP contribution in [-0.4, -0.2) is 105 Å². The number of likely N-dealkylation sites (N-methyl/N-ethyl adjacent to an activating group) is 1. The van der Waals surface area contributed by atoms with Crippen LogP contribution in [-0.2, 0) is 19.1 Å². The average molecular weight is 769 g/mol. The second-order valence-corrected chi connectivity index (χ2v) is 14.7. The van der Waals surface area contributed by atoms with E-state index in [0.29, 0.717) is 13.1 Å². The molecule has 2 aromatic rings. The number of aliphatic hydroxyl groups excluding tert-OH is 3. The Kier molecular flexibility index (Phi) is 13.7. The number of aliphatic hydroxyl groups is 3. The molecule has 3 aliphatic rings. The largest absolute Gasteiger partial charge is 0.507 e. The molecule has 5 bridgehead atoms. The fraction of sp³-hybridized carbons (Fsp3) is 0.537. The quantitative estimate of drug-likeness (QED) is 0.221. The number of phenols is 2. The van der Waals surface area contributed by atoms with Gasteiger partial charge in [-0.1, -0.05) is 45.9 Å². The fourth-order valence-corrected chi connectivity index (χ4v) is 7.16. The highest BCUT2D eigenvalue weighted by Crippen LogP contribution is 2.54. The number of ketones is 1. The van der Waals surface area contributed by atoms with Crippen molar-refractivity contribution in [3.8, 4) is 23.0 Å². The zero-order chi connectivity index (χ0) is 41.1. The number of carbonyl (C=O) groups is 3. The summed E-state index contributed by atoms with van der Waals surface area (Å²) >= 11 is 0. The Morgan fingerprint density at radius 3 is 2.16 bits per heavy atom. The van der Waals surface area contributed by atoms with Crippen molar-refractivity contribution < 1.29 is 58.9 Å². The van der Waals surface area contributed by atoms with E-state index in [4.69, 9.17) is 18.9 Å². The minimum absolute atomic E-state index is 0.0430. The van der Waals surface area contributed by atoms with E-state index < -0.39 is 83.7 Å². The Labute approximate surface area is 322 Å². The Hall–Kier alpha value is -4.63. The predicted octanol–water partition coefficient (Wildman–Crippen LogP) is 4.72. The van der Waals surface area contributed by atoms with Gasteiger partial charge in [-0.25, -0.2) is 0 Å². The number of allylic oxidation sites excluding steroid dienone is 2. The number of methoxy groups -OCH3 is 1. The molecule has 2 aromatic carbocycles. The monoisotopic (exact) mass is 768 g/mol. The molecule has 9 atom stereocenters. The van der Waals surface area contributed by atoms with Crippen LogP contribution in [0.1, 0.15) is 71.3 Å². The lowest BCUT2D eigenvalue weighted by atomic mass is 9.78. The summed E-state index contributed by atoms with van der Waals surface area (Å²) in [6, 6.07) is 1.27. The first kappa shape index (κ1) is 43.1. The summed E-state index contributed by atoms with van der Waals surface area (Å²) in [7, 11) is 1.44. The van der Waals surface area contributed by atoms with Crippen LogP contribution in [0.25, 0.3) is 10.8 Å². The number of Topliss-reactive ketones (excluding diaryl/α,β-unsaturated/α-hetero) is 1. The van der Waals surface area contributed by atoms with Crippen LogP contribution in [0.15, 0.2) is 42.2 Å². The Balaban J connectivity index is 1.92. The molecule has 0 aromatic heterocycles. The van der Waals surface area contributed by atoms with Gasteiger partial charge in [0.05, 0.1) is 47.3 Å². The molecule has 55 heavy (non-hydrogen) atoms. The molecule has 0 spiro atoms. The Bertz CT molecular complexity index is 1870. The molecule has 6 N–H and O–H groups in total. The van der Waals surface area contributed by atoms with Crippen LogP contribution in [0.5, 0.6) is 23.0 Å². The number of nitrogens with one attached hydrogen (secondary N) is 1. The molecule has 0 saturated heterocycles. The van der Waals surface area contributed by atoms with Crippen LogP contribution in [0.4, 0.5) is 5.69 Å². The molecule has 0 radical (unpaired) electrons. The molecule has 14 heteroatoms. The first-order valence-electron chi connectivity index (χ1n) is 18.6. The maximum Gasteiger partial charge on any atom is 0.312 e. The highest BCUT2D eigenvalue weighted by molar-refractivity contribution is 6.21. The topological polar surface area (TPSA) is 205 Å². The van der Waals surface area contributed by atoms with E-state index in [0.717, 1.165) is 0 Å². The molecule has 302 valence electrons. The van der Waals surface area contributed by atoms with Gasteiger partial charge in [-0.2, -0.15) is 0 Å². The number of hydrogen-bond donors (Lipinski definition) is 6. The summed E-state index contributed by atoms with van der Waals surface area (Å²) in [6.45, 7) is 15.3. The van der Waals surface area contributed by atoms with Crippen LogP contribution in [0.3, 0.4) is 0 Å². The van der Waals surface area contributed by atoms with Gasteiger partial charge in [-0.05, 0) is 33.8 Å². The lowest BCUT2D eigenvalue weighted by Gasteiger charge is -2.36. The van der Waals surface area contributed by atoms with Gasteiger partial charge < -0.3 is 54.7 Å². The van der Waals surface area contributed by atoms with Crippen molar-refractivity contribution in [2.75, 3.05) is 32.1 Å². The number of anilines is 1. The predicted molar refractivity (Wildman–Crippen MR) is 206 cm³/mol. The molecular formula is C41H56N2O12. The molecule has 0 aliphatic carbocycles. The number of rotatable bonds is 6. The lowest BCUT2D eigenvalue weighted by Crippen LogP contribution is -2.44. The number of benzene rings is 2. The van der Waals surface area contributed by atoms with Crippen LogP contribution >= 0.6 is 0 Å². The summed E-state index contributed by atoms with van der Waals surface area (Å²) < 4.78 is 23.7. The number of nitrogens with zero attached hydrogens (tertiary/aromatic N) is 1. The molecular weight excluding hydrogens is 712 g/mol. The minimum atomic E-state index is -1.99. The van der Waals surface area contributed by atoms with Gasteiger partial charge in [-0.3, -0.25) is 14.4 Å². The maximum atomic E-state index is 14.3. The van der Waals surface area contributed by atoms with Crippen LogP contribution in [0.2, 0.25) is 0 Å². The maximum absolute atomic E-state index is 14.3. The lowest BCUT2D eigenvalue weighted by molar-refractivity contribution is -0.132. The molecule has 2 amide bonds. The van der Waals surface area contributed by atoms with Crippen molar-refractivity contribution in [2.45, 2.75) is 92.5 Å². The van der Waals surface area contributed by atoms with E-state index in [1.54, 1.807) is 44.7 Å². The van der Waals surface area contributed by atoms with Gasteiger partial charge in [0, 0.05) is 73.4 Å². The highest BCUT2D eigenvalue weighted by Gasteiger charge is 2.49. The average Bonchev–Trinajstić information content (AvgIpc) is 3.43. The van der Waals surface area contributed by atoms with Crippen molar-refractivity contribution in [2.24, 2.45) is 23.7 Å². The van der Waals surface area contributed by atoms with Gasteiger partial charge in [0.1, 0.15) is 17.2 Å². The minimum Gasteiger partial charge on any atom is -0.507 e. The standard InChI is InChI=1S/C41H56N2O12/c1-11-43(12-2)29(44)19-53-28-18-26-37(49)31-30(28)32-38(25(8)36(31)48)55-41(9,39(32)50)54-17-16-27(52-10)22(5)34(46)24(7)35(47)23(6)33(45)20(3)14-13-15-21(4)40(51)42-26/h13-18,20,22-24,27,33-35,45-49H,11-12,19H2,1-10H3,(H,42,51)/b14-13+,17-16+,21-15-. The number of carbonyl (C=O) groups excluding carboxylic acids is 3. The SMILES string of the molecule is CCN(CC)C(=O)COc1cc2c(O)c3c(O)c(C)c4c(c13)C(=O)C(C)(O/C=C/C(OC)C(C)C(O)C(C)C(O)C(C)C(O)C(C)/C=C/C=C(/C)C(=O)N2)O4. The van der Waals surface area contributed by atoms with E-state index in [2.05, 4.69) is 5.32 Å². The molecule has 0 saturated carbocycles. The third kappa shape index (κ3) is 8.47. The molecule has 3 aliphatic heterocycles. The molecule has 14 nitrogen and oxygen atoms in total. The number of amides is 2. The van der Waals surface area contributed by atoms with E-state index in [1.165, 1.54) is 52.4 Å². The summed E-state index contributed by atoms with van der Waals surface area (Å²) in [6.07, 6.45) is 3.52. The van der Waals surface area contributed by atoms with Crippen molar-refractivity contribution in [3.63, 3.8) is 0 Å². The van der Waals surface area contributed by atoms with Gasteiger partial charge in [-0.15, -0.1) is 0 Å². The van der Waals surface area contributed by atoms with Crippen LogP contribution in [0, 0.1) is 30.6 Å². The summed E-state index contributed by atoms with van der Waals surface area (Å²) in [5.41, 5.74) is 0.0409. The van der Waals surface area contributed by atoms with Gasteiger partial charge in [0.25, 0.3) is 17.6 Å². The zero-order valence-corrected chi connectivity index (χ0v) is 33.2. The van der Waals surface area contributed by atoms with E-state index >= 15 is 0 Å². The van der Waals surface area contributed by atoms with E-state index in [1.807, 2.05) is 13.8 Å². The number of phenolic OH excluding ortho intramolecular Hbond substituents is 2. The first-order valence-corrected chi connectivity index (χ1v) is 18.6. The normalized spacial score (nSPS) is 31.3. The number of aromatic hydroxyl groups is 2. The Morgan fingerprint density at radius 2 is 1.55 bits per heavy atom. The van der Waals surface area contributed by atoms with Gasteiger partial charge >= 0.3 is 5.79 Å². The fourth-order valence-electron chi connectivity index (χ4n) is 7.16. The summed E-state index contributed by atoms with van der Waals surface area (Å²) in [5, 5.41) is 59.2. The van der Waals surface area contributed by atoms with E-state index in [-0.39, 0.29) is 50.6 Å². The number of fused-ring (bicyclic) bond motifs is 14. The van der Waals surface area contributed by atoms with E-state index in [9.17, 15) is 39.9 Å². The van der Waals surface area contributed by atoms with Crippen molar-refractivity contribution in [3.05, 3.63) is 53.3 Å². The number of ether oxygens (including phenoxy) is 4. The van der Waals surface area contributed by atoms with Gasteiger partial charge in [0.15, 0.2) is 12.4 Å². The first-order chi connectivity index (χ1) is 25.8.